The van der Waals surface area contributed by atoms with Crippen molar-refractivity contribution in [2.75, 3.05) is 0 Å². The largest absolute Gasteiger partial charge is 0.481 e. The lowest BCUT2D eigenvalue weighted by Gasteiger charge is -2.21. The van der Waals surface area contributed by atoms with Gasteiger partial charge in [-0.2, -0.15) is 0 Å². The lowest BCUT2D eigenvalue weighted by Crippen LogP contribution is -2.26. The van der Waals surface area contributed by atoms with Gasteiger partial charge in [-0.3, -0.25) is 4.79 Å². The van der Waals surface area contributed by atoms with Crippen LogP contribution < -0.4 is 5.32 Å². The molecular formula is C15H19NO2S2. The predicted molar refractivity (Wildman–Crippen MR) is 84.7 cm³/mol. The Morgan fingerprint density at radius 3 is 2.70 bits per heavy atom. The van der Waals surface area contributed by atoms with Crippen molar-refractivity contribution < 1.29 is 9.90 Å². The van der Waals surface area contributed by atoms with E-state index in [0.29, 0.717) is 0 Å². The van der Waals surface area contributed by atoms with Gasteiger partial charge >= 0.3 is 5.97 Å². The second kappa shape index (κ2) is 6.52. The fraction of sp³-hybridized carbons (Fsp3) is 0.400. The first-order chi connectivity index (χ1) is 9.47. The van der Waals surface area contributed by atoms with Gasteiger partial charge in [0.15, 0.2) is 0 Å². The Bertz CT molecular complexity index is 575. The molecule has 0 bridgehead atoms. The van der Waals surface area contributed by atoms with Crippen LogP contribution in [0.4, 0.5) is 0 Å². The number of thiophene rings is 2. The molecule has 0 aliphatic heterocycles. The maximum Gasteiger partial charge on any atom is 0.305 e. The maximum atomic E-state index is 11.1. The van der Waals surface area contributed by atoms with Crippen molar-refractivity contribution in [3.63, 3.8) is 0 Å². The second-order valence-corrected chi connectivity index (χ2v) is 7.36. The fourth-order valence-corrected chi connectivity index (χ4v) is 4.19. The van der Waals surface area contributed by atoms with Gasteiger partial charge in [0.2, 0.25) is 0 Å². The smallest absolute Gasteiger partial charge is 0.305 e. The number of hydrogen-bond acceptors (Lipinski definition) is 4. The molecule has 2 aromatic rings. The van der Waals surface area contributed by atoms with Crippen molar-refractivity contribution >= 4 is 28.6 Å². The molecule has 2 aromatic heterocycles. The zero-order valence-electron chi connectivity index (χ0n) is 11.8. The Morgan fingerprint density at radius 1 is 1.45 bits per heavy atom. The predicted octanol–water partition coefficient (Wildman–Crippen LogP) is 4.29. The fourth-order valence-electron chi connectivity index (χ4n) is 2.38. The molecule has 0 radical (unpaired) electrons. The average Bonchev–Trinajstić information content (AvgIpc) is 2.97. The molecule has 0 saturated heterocycles. The van der Waals surface area contributed by atoms with E-state index in [1.807, 2.05) is 17.5 Å². The lowest BCUT2D eigenvalue weighted by atomic mass is 10.1. The normalized spacial score (nSPS) is 14.2. The van der Waals surface area contributed by atoms with E-state index in [0.717, 1.165) is 4.88 Å². The van der Waals surface area contributed by atoms with Crippen molar-refractivity contribution in [1.82, 2.24) is 5.32 Å². The molecule has 0 aliphatic rings. The van der Waals surface area contributed by atoms with Gasteiger partial charge < -0.3 is 10.4 Å². The lowest BCUT2D eigenvalue weighted by molar-refractivity contribution is -0.137. The Morgan fingerprint density at radius 2 is 2.20 bits per heavy atom. The summed E-state index contributed by atoms with van der Waals surface area (Å²) in [5.41, 5.74) is 1.26. The summed E-state index contributed by atoms with van der Waals surface area (Å²) in [6.07, 6.45) is 0.104. The van der Waals surface area contributed by atoms with Crippen LogP contribution in [0.2, 0.25) is 0 Å². The summed E-state index contributed by atoms with van der Waals surface area (Å²) in [6, 6.07) is 6.14. The summed E-state index contributed by atoms with van der Waals surface area (Å²) in [6.45, 7) is 6.31. The molecule has 2 N–H and O–H groups in total. The number of aryl methyl sites for hydroxylation is 2. The zero-order valence-corrected chi connectivity index (χ0v) is 13.5. The van der Waals surface area contributed by atoms with E-state index in [1.54, 1.807) is 22.7 Å². The van der Waals surface area contributed by atoms with Crippen LogP contribution in [0, 0.1) is 13.8 Å². The molecule has 2 atom stereocenters. The number of carboxylic acids is 1. The van der Waals surface area contributed by atoms with Crippen molar-refractivity contribution in [3.8, 4) is 0 Å². The van der Waals surface area contributed by atoms with Gasteiger partial charge in [-0.1, -0.05) is 6.07 Å². The molecule has 0 aliphatic carbocycles. The molecular weight excluding hydrogens is 290 g/mol. The van der Waals surface area contributed by atoms with Crippen LogP contribution >= 0.6 is 22.7 Å². The van der Waals surface area contributed by atoms with Gasteiger partial charge in [0.05, 0.1) is 12.5 Å². The van der Waals surface area contributed by atoms with Crippen LogP contribution in [0.1, 0.15) is 45.6 Å². The third kappa shape index (κ3) is 3.69. The highest BCUT2D eigenvalue weighted by Gasteiger charge is 2.20. The molecule has 0 fully saturated rings. The van der Waals surface area contributed by atoms with Gasteiger partial charge in [-0.15, -0.1) is 22.7 Å². The first-order valence-electron chi connectivity index (χ1n) is 6.55. The van der Waals surface area contributed by atoms with E-state index in [1.165, 1.54) is 15.3 Å². The first-order valence-corrected chi connectivity index (χ1v) is 8.25. The van der Waals surface area contributed by atoms with Gasteiger partial charge in [0.1, 0.15) is 0 Å². The topological polar surface area (TPSA) is 49.3 Å². The number of hydrogen-bond donors (Lipinski definition) is 2. The summed E-state index contributed by atoms with van der Waals surface area (Å²) in [5.74, 6) is -0.777. The third-order valence-electron chi connectivity index (χ3n) is 3.26. The molecule has 0 amide bonds. The minimum atomic E-state index is -0.777. The molecule has 5 heteroatoms. The highest BCUT2D eigenvalue weighted by molar-refractivity contribution is 7.12. The SMILES string of the molecule is Cc1cc(C(C)NC(CC(=O)O)c2cccs2)c(C)s1. The highest BCUT2D eigenvalue weighted by Crippen LogP contribution is 2.30. The zero-order chi connectivity index (χ0) is 14.7. The van der Waals surface area contributed by atoms with Crippen LogP contribution in [-0.4, -0.2) is 11.1 Å². The van der Waals surface area contributed by atoms with E-state index in [2.05, 4.69) is 32.2 Å². The standard InChI is InChI=1S/C15H19NO2S2/c1-9-7-12(11(3)20-9)10(2)16-13(8-15(17)18)14-5-4-6-19-14/h4-7,10,13,16H,8H2,1-3H3,(H,17,18). The summed E-state index contributed by atoms with van der Waals surface area (Å²) >= 11 is 3.38. The summed E-state index contributed by atoms with van der Waals surface area (Å²) in [7, 11) is 0. The molecule has 2 heterocycles. The Hall–Kier alpha value is -1.17. The van der Waals surface area contributed by atoms with E-state index in [4.69, 9.17) is 5.11 Å². The summed E-state index contributed by atoms with van der Waals surface area (Å²) < 4.78 is 0. The number of carbonyl (C=O) groups is 1. The minimum Gasteiger partial charge on any atom is -0.481 e. The van der Waals surface area contributed by atoms with Crippen LogP contribution in [0.3, 0.4) is 0 Å². The van der Waals surface area contributed by atoms with Gasteiger partial charge in [-0.05, 0) is 43.8 Å². The molecule has 108 valence electrons. The number of aliphatic carboxylic acids is 1. The first kappa shape index (κ1) is 15.2. The van der Waals surface area contributed by atoms with Crippen LogP contribution in [0.15, 0.2) is 23.6 Å². The molecule has 20 heavy (non-hydrogen) atoms. The van der Waals surface area contributed by atoms with Gasteiger partial charge in [0.25, 0.3) is 0 Å². The maximum absolute atomic E-state index is 11.1. The van der Waals surface area contributed by atoms with Crippen LogP contribution in [0.5, 0.6) is 0 Å². The monoisotopic (exact) mass is 309 g/mol. The van der Waals surface area contributed by atoms with Crippen molar-refractivity contribution in [2.45, 2.75) is 39.3 Å². The molecule has 2 rings (SSSR count). The molecule has 0 saturated carbocycles. The summed E-state index contributed by atoms with van der Waals surface area (Å²) in [5, 5.41) is 14.5. The quantitative estimate of drug-likeness (QED) is 0.836. The Balaban J connectivity index is 2.15. The Labute approximate surface area is 127 Å². The molecule has 0 spiro atoms. The van der Waals surface area contributed by atoms with Gasteiger partial charge in [-0.25, -0.2) is 0 Å². The van der Waals surface area contributed by atoms with E-state index >= 15 is 0 Å². The van der Waals surface area contributed by atoms with E-state index < -0.39 is 5.97 Å². The minimum absolute atomic E-state index is 0.104. The van der Waals surface area contributed by atoms with Crippen LogP contribution in [-0.2, 0) is 4.79 Å². The number of carboxylic acid groups (broad SMARTS) is 1. The van der Waals surface area contributed by atoms with Crippen molar-refractivity contribution in [2.24, 2.45) is 0 Å². The van der Waals surface area contributed by atoms with Crippen LogP contribution in [0.25, 0.3) is 0 Å². The van der Waals surface area contributed by atoms with E-state index in [-0.39, 0.29) is 18.5 Å². The van der Waals surface area contributed by atoms with Gasteiger partial charge in [0, 0.05) is 20.7 Å². The molecule has 2 unspecified atom stereocenters. The second-order valence-electron chi connectivity index (χ2n) is 4.92. The highest BCUT2D eigenvalue weighted by atomic mass is 32.1. The Kier molecular flexibility index (Phi) is 4.96. The average molecular weight is 309 g/mol. The van der Waals surface area contributed by atoms with E-state index in [9.17, 15) is 4.79 Å². The number of rotatable bonds is 6. The van der Waals surface area contributed by atoms with Crippen molar-refractivity contribution in [1.29, 1.82) is 0 Å². The summed E-state index contributed by atoms with van der Waals surface area (Å²) in [4.78, 5) is 14.7. The number of nitrogens with one attached hydrogen (secondary N) is 1. The third-order valence-corrected chi connectivity index (χ3v) is 5.23. The molecule has 0 aromatic carbocycles. The van der Waals surface area contributed by atoms with Crippen molar-refractivity contribution in [3.05, 3.63) is 43.8 Å². The molecule has 3 nitrogen and oxygen atoms in total.